The highest BCUT2D eigenvalue weighted by Crippen LogP contribution is 2.19. The molecule has 0 saturated heterocycles. The van der Waals surface area contributed by atoms with E-state index in [1.165, 1.54) is 16.7 Å². The lowest BCUT2D eigenvalue weighted by molar-refractivity contribution is -0.116. The molecule has 2 rings (SSSR count). The Kier molecular flexibility index (Phi) is 6.67. The average Bonchev–Trinajstić information content (AvgIpc) is 3.06. The van der Waals surface area contributed by atoms with Crippen LogP contribution in [0.1, 0.15) is 12.7 Å². The molecule has 1 aromatic heterocycles. The van der Waals surface area contributed by atoms with E-state index in [4.69, 9.17) is 4.74 Å². The number of carbonyl (C=O) groups is 2. The van der Waals surface area contributed by atoms with Crippen LogP contribution >= 0.6 is 0 Å². The van der Waals surface area contributed by atoms with Crippen molar-refractivity contribution >= 4 is 23.3 Å². The topological polar surface area (TPSA) is 92.6 Å². The van der Waals surface area contributed by atoms with Gasteiger partial charge in [-0.2, -0.15) is 0 Å². The molecule has 0 aliphatic carbocycles. The number of benzene rings is 1. The zero-order chi connectivity index (χ0) is 19.1. The molecule has 1 heterocycles. The van der Waals surface area contributed by atoms with Gasteiger partial charge in [-0.1, -0.05) is 6.07 Å². The molecule has 1 N–H and O–H groups in total. The molecule has 0 bridgehead atoms. The highest BCUT2D eigenvalue weighted by molar-refractivity contribution is 5.93. The number of anilines is 2. The lowest BCUT2D eigenvalue weighted by Gasteiger charge is -2.19. The molecule has 0 fully saturated rings. The summed E-state index contributed by atoms with van der Waals surface area (Å²) in [6.07, 6.45) is 1.61. The summed E-state index contributed by atoms with van der Waals surface area (Å²) in [5.41, 5.74) is 1.31. The number of ether oxygens (including phenoxy) is 1. The first-order valence-electron chi connectivity index (χ1n) is 8.14. The van der Waals surface area contributed by atoms with Crippen molar-refractivity contribution in [3.8, 4) is 0 Å². The fraction of sp³-hybridized carbons (Fsp3) is 0.412. The number of carbonyl (C=O) groups excluding carboxylic acids is 2. The largest absolute Gasteiger partial charge is 0.383 e. The highest BCUT2D eigenvalue weighted by Gasteiger charge is 2.14. The number of methoxy groups -OCH3 is 1. The van der Waals surface area contributed by atoms with Crippen LogP contribution in [0.2, 0.25) is 0 Å². The van der Waals surface area contributed by atoms with E-state index in [0.29, 0.717) is 36.9 Å². The third-order valence-electron chi connectivity index (χ3n) is 3.91. The molecule has 9 nitrogen and oxygen atoms in total. The smallest absolute Gasteiger partial charge is 0.321 e. The van der Waals surface area contributed by atoms with Crippen LogP contribution < -0.4 is 10.2 Å². The second-order valence-electron chi connectivity index (χ2n) is 5.85. The molecule has 0 radical (unpaired) electrons. The van der Waals surface area contributed by atoms with Crippen LogP contribution in [0.4, 0.5) is 16.2 Å². The van der Waals surface area contributed by atoms with E-state index >= 15 is 0 Å². The van der Waals surface area contributed by atoms with Gasteiger partial charge in [0.1, 0.15) is 6.33 Å². The van der Waals surface area contributed by atoms with Crippen LogP contribution in [0.3, 0.4) is 0 Å². The van der Waals surface area contributed by atoms with Crippen LogP contribution in [0, 0.1) is 0 Å². The Hall–Kier alpha value is -2.94. The van der Waals surface area contributed by atoms with Gasteiger partial charge in [-0.15, -0.1) is 10.2 Å². The van der Waals surface area contributed by atoms with E-state index in [1.54, 1.807) is 51.8 Å². The number of nitrogens with one attached hydrogen (secondary N) is 1. The Morgan fingerprint density at radius 3 is 2.77 bits per heavy atom. The van der Waals surface area contributed by atoms with Crippen molar-refractivity contribution in [2.45, 2.75) is 20.0 Å². The van der Waals surface area contributed by atoms with E-state index in [9.17, 15) is 9.59 Å². The first-order valence-corrected chi connectivity index (χ1v) is 8.14. The summed E-state index contributed by atoms with van der Waals surface area (Å²) in [4.78, 5) is 26.9. The molecule has 9 heteroatoms. The first kappa shape index (κ1) is 19.4. The maximum Gasteiger partial charge on any atom is 0.321 e. The van der Waals surface area contributed by atoms with Crippen molar-refractivity contribution in [3.63, 3.8) is 0 Å². The molecular weight excluding hydrogens is 336 g/mol. The van der Waals surface area contributed by atoms with Crippen molar-refractivity contribution in [2.24, 2.45) is 0 Å². The summed E-state index contributed by atoms with van der Waals surface area (Å²) in [6.45, 7) is 2.95. The SMILES string of the molecule is COCCn1cnnc1CN(C)C(=O)Nc1cccc(N(C)C(C)=O)c1. The predicted octanol–water partition coefficient (Wildman–Crippen LogP) is 1.57. The number of nitrogens with zero attached hydrogens (tertiary/aromatic N) is 5. The Balaban J connectivity index is 2.00. The Labute approximate surface area is 152 Å². The molecule has 1 aromatic carbocycles. The summed E-state index contributed by atoms with van der Waals surface area (Å²) < 4.78 is 6.89. The Bertz CT molecular complexity index is 760. The van der Waals surface area contributed by atoms with Crippen molar-refractivity contribution in [2.75, 3.05) is 38.0 Å². The summed E-state index contributed by atoms with van der Waals surface area (Å²) >= 11 is 0. The van der Waals surface area contributed by atoms with E-state index in [1.807, 2.05) is 4.57 Å². The van der Waals surface area contributed by atoms with Gasteiger partial charge in [0.2, 0.25) is 5.91 Å². The Morgan fingerprint density at radius 2 is 2.08 bits per heavy atom. The fourth-order valence-corrected chi connectivity index (χ4v) is 2.25. The summed E-state index contributed by atoms with van der Waals surface area (Å²) in [7, 11) is 4.99. The minimum Gasteiger partial charge on any atom is -0.383 e. The van der Waals surface area contributed by atoms with E-state index in [-0.39, 0.29) is 11.9 Å². The average molecular weight is 360 g/mol. The standard InChI is InChI=1S/C17H24N6O3/c1-13(24)22(3)15-7-5-6-14(10-15)19-17(25)21(2)11-16-20-18-12-23(16)8-9-26-4/h5-7,10,12H,8-9,11H2,1-4H3,(H,19,25). The van der Waals surface area contributed by atoms with E-state index in [2.05, 4.69) is 15.5 Å². The number of amides is 3. The van der Waals surface area contributed by atoms with Gasteiger partial charge in [0.25, 0.3) is 0 Å². The van der Waals surface area contributed by atoms with Crippen LogP contribution in [0.5, 0.6) is 0 Å². The van der Waals surface area contributed by atoms with Gasteiger partial charge in [-0.05, 0) is 18.2 Å². The molecule has 0 aliphatic heterocycles. The van der Waals surface area contributed by atoms with Crippen molar-refractivity contribution in [1.82, 2.24) is 19.7 Å². The van der Waals surface area contributed by atoms with Crippen molar-refractivity contribution < 1.29 is 14.3 Å². The molecule has 0 unspecified atom stereocenters. The van der Waals surface area contributed by atoms with Gasteiger partial charge in [-0.3, -0.25) is 4.79 Å². The summed E-state index contributed by atoms with van der Waals surface area (Å²) in [5, 5.41) is 10.7. The molecule has 26 heavy (non-hydrogen) atoms. The molecular formula is C17H24N6O3. The van der Waals surface area contributed by atoms with Crippen LogP contribution in [0.25, 0.3) is 0 Å². The molecule has 0 saturated carbocycles. The van der Waals surface area contributed by atoms with E-state index in [0.717, 1.165) is 0 Å². The van der Waals surface area contributed by atoms with Crippen LogP contribution in [-0.2, 0) is 22.6 Å². The van der Waals surface area contributed by atoms with E-state index < -0.39 is 0 Å². The number of hydrogen-bond acceptors (Lipinski definition) is 5. The number of hydrogen-bond donors (Lipinski definition) is 1. The Morgan fingerprint density at radius 1 is 1.31 bits per heavy atom. The zero-order valence-corrected chi connectivity index (χ0v) is 15.5. The molecule has 2 aromatic rings. The van der Waals surface area contributed by atoms with Gasteiger partial charge in [-0.25, -0.2) is 4.79 Å². The summed E-state index contributed by atoms with van der Waals surface area (Å²) in [6, 6.07) is 6.82. The van der Waals surface area contributed by atoms with Crippen molar-refractivity contribution in [3.05, 3.63) is 36.4 Å². The minimum atomic E-state index is -0.283. The highest BCUT2D eigenvalue weighted by atomic mass is 16.5. The zero-order valence-electron chi connectivity index (χ0n) is 15.5. The predicted molar refractivity (Wildman–Crippen MR) is 97.9 cm³/mol. The van der Waals surface area contributed by atoms with Crippen LogP contribution in [-0.4, -0.2) is 59.4 Å². The lowest BCUT2D eigenvalue weighted by Crippen LogP contribution is -2.32. The lowest BCUT2D eigenvalue weighted by atomic mass is 10.2. The quantitative estimate of drug-likeness (QED) is 0.809. The number of urea groups is 1. The second kappa shape index (κ2) is 8.95. The maximum atomic E-state index is 12.4. The van der Waals surface area contributed by atoms with Gasteiger partial charge in [0.15, 0.2) is 5.82 Å². The van der Waals surface area contributed by atoms with Crippen LogP contribution in [0.15, 0.2) is 30.6 Å². The monoisotopic (exact) mass is 360 g/mol. The third kappa shape index (κ3) is 5.03. The minimum absolute atomic E-state index is 0.0824. The van der Waals surface area contributed by atoms with Gasteiger partial charge in [0.05, 0.1) is 13.2 Å². The van der Waals surface area contributed by atoms with Gasteiger partial charge in [0, 0.05) is 46.0 Å². The number of aromatic nitrogens is 3. The molecule has 3 amide bonds. The molecule has 0 atom stereocenters. The van der Waals surface area contributed by atoms with Gasteiger partial charge >= 0.3 is 6.03 Å². The fourth-order valence-electron chi connectivity index (χ4n) is 2.25. The first-order chi connectivity index (χ1) is 12.4. The third-order valence-corrected chi connectivity index (χ3v) is 3.91. The second-order valence-corrected chi connectivity index (χ2v) is 5.85. The van der Waals surface area contributed by atoms with Crippen molar-refractivity contribution in [1.29, 1.82) is 0 Å². The maximum absolute atomic E-state index is 12.4. The molecule has 0 spiro atoms. The summed E-state index contributed by atoms with van der Waals surface area (Å²) in [5.74, 6) is 0.589. The van der Waals surface area contributed by atoms with Gasteiger partial charge < -0.3 is 24.4 Å². The normalized spacial score (nSPS) is 10.5. The number of rotatable bonds is 7. The molecule has 140 valence electrons. The molecule has 0 aliphatic rings.